The zero-order chi connectivity index (χ0) is 14.5. The molecule has 2 rings (SSSR count). The third-order valence-corrected chi connectivity index (χ3v) is 2.87. The Balaban J connectivity index is 2.18. The molecular formula is C14H21N3O3. The van der Waals surface area contributed by atoms with Gasteiger partial charge >= 0.3 is 0 Å². The topological polar surface area (TPSA) is 60.1 Å². The van der Waals surface area contributed by atoms with Crippen LogP contribution in [0, 0.1) is 0 Å². The Labute approximate surface area is 119 Å². The lowest BCUT2D eigenvalue weighted by atomic mass is 10.1. The van der Waals surface area contributed by atoms with Gasteiger partial charge in [0.25, 0.3) is 5.88 Å². The molecule has 1 aromatic heterocycles. The first-order valence-electron chi connectivity index (χ1n) is 6.72. The van der Waals surface area contributed by atoms with Crippen molar-refractivity contribution >= 4 is 11.8 Å². The van der Waals surface area contributed by atoms with Gasteiger partial charge in [0.2, 0.25) is 11.7 Å². The maximum Gasteiger partial charge on any atom is 0.262 e. The van der Waals surface area contributed by atoms with Crippen LogP contribution < -0.4 is 4.74 Å². The Morgan fingerprint density at radius 1 is 1.50 bits per heavy atom. The van der Waals surface area contributed by atoms with Gasteiger partial charge in [-0.1, -0.05) is 11.2 Å². The van der Waals surface area contributed by atoms with Crippen molar-refractivity contribution in [1.82, 2.24) is 9.88 Å². The fourth-order valence-corrected chi connectivity index (χ4v) is 1.93. The molecule has 20 heavy (non-hydrogen) atoms. The van der Waals surface area contributed by atoms with Crippen LogP contribution in [0.2, 0.25) is 0 Å². The van der Waals surface area contributed by atoms with Gasteiger partial charge in [-0.25, -0.2) is 0 Å². The Hall–Kier alpha value is -1.82. The summed E-state index contributed by atoms with van der Waals surface area (Å²) in [5, 5.41) is 3.85. The molecule has 0 aromatic carbocycles. The van der Waals surface area contributed by atoms with Gasteiger partial charge in [-0.15, -0.1) is 0 Å². The summed E-state index contributed by atoms with van der Waals surface area (Å²) in [4.78, 5) is 11.7. The van der Waals surface area contributed by atoms with Gasteiger partial charge in [-0.05, 0) is 27.3 Å². The highest BCUT2D eigenvalue weighted by atomic mass is 16.6. The average molecular weight is 279 g/mol. The second-order valence-electron chi connectivity index (χ2n) is 5.04. The van der Waals surface area contributed by atoms with Crippen molar-refractivity contribution in [3.63, 3.8) is 0 Å². The van der Waals surface area contributed by atoms with E-state index < -0.39 is 0 Å². The second-order valence-corrected chi connectivity index (χ2v) is 5.04. The first-order valence-corrected chi connectivity index (χ1v) is 6.72. The Morgan fingerprint density at radius 2 is 2.30 bits per heavy atom. The summed E-state index contributed by atoms with van der Waals surface area (Å²) in [5.74, 6) is 1.47. The Bertz CT molecular complexity index is 506. The van der Waals surface area contributed by atoms with E-state index in [4.69, 9.17) is 14.0 Å². The van der Waals surface area contributed by atoms with Gasteiger partial charge in [0.1, 0.15) is 12.3 Å². The van der Waals surface area contributed by atoms with Crippen LogP contribution >= 0.6 is 0 Å². The highest BCUT2D eigenvalue weighted by Crippen LogP contribution is 2.25. The minimum atomic E-state index is 0.0225. The first-order chi connectivity index (χ1) is 9.60. The fourth-order valence-electron chi connectivity index (χ4n) is 1.93. The average Bonchev–Trinajstić information content (AvgIpc) is 2.81. The van der Waals surface area contributed by atoms with Crippen LogP contribution in [0.15, 0.2) is 15.6 Å². The number of methoxy groups -OCH3 is 1. The van der Waals surface area contributed by atoms with Crippen LogP contribution in [0.25, 0.3) is 5.57 Å². The molecule has 0 bridgehead atoms. The number of oxazole rings is 1. The largest absolute Gasteiger partial charge is 0.478 e. The number of hydrogen-bond acceptors (Lipinski definition) is 6. The van der Waals surface area contributed by atoms with Crippen LogP contribution in [0.1, 0.15) is 31.9 Å². The number of ether oxygens (including phenoxy) is 1. The quantitative estimate of drug-likeness (QED) is 0.610. The van der Waals surface area contributed by atoms with E-state index >= 15 is 0 Å². The van der Waals surface area contributed by atoms with E-state index in [9.17, 15) is 0 Å². The number of likely N-dealkylation sites (N-methyl/N-ethyl adjacent to an activating group) is 1. The number of rotatable bonds is 5. The van der Waals surface area contributed by atoms with Crippen LogP contribution in [-0.2, 0) is 4.84 Å². The molecule has 0 saturated heterocycles. The van der Waals surface area contributed by atoms with Gasteiger partial charge in [-0.2, -0.15) is 4.98 Å². The molecule has 0 atom stereocenters. The van der Waals surface area contributed by atoms with Crippen LogP contribution in [0.5, 0.6) is 5.88 Å². The molecule has 1 aromatic rings. The molecule has 1 aliphatic heterocycles. The lowest BCUT2D eigenvalue weighted by molar-refractivity contribution is 0.0870. The number of aromatic nitrogens is 1. The summed E-state index contributed by atoms with van der Waals surface area (Å²) in [6, 6.07) is 0. The van der Waals surface area contributed by atoms with Crippen molar-refractivity contribution in [3.05, 3.63) is 17.7 Å². The molecule has 0 radical (unpaired) electrons. The summed E-state index contributed by atoms with van der Waals surface area (Å²) < 4.78 is 10.9. The molecule has 6 nitrogen and oxygen atoms in total. The number of oxime groups is 1. The van der Waals surface area contributed by atoms with Crippen molar-refractivity contribution in [2.75, 3.05) is 27.2 Å². The molecule has 1 aliphatic rings. The van der Waals surface area contributed by atoms with E-state index in [-0.39, 0.29) is 6.10 Å². The normalized spacial score (nSPS) is 16.8. The molecule has 0 N–H and O–H groups in total. The Kier molecular flexibility index (Phi) is 4.79. The zero-order valence-corrected chi connectivity index (χ0v) is 12.4. The summed E-state index contributed by atoms with van der Waals surface area (Å²) in [7, 11) is 3.63. The van der Waals surface area contributed by atoms with Crippen molar-refractivity contribution in [3.8, 4) is 5.88 Å². The SMILES string of the molecule is COc1nc(C2=CCCN(C)C2)oc1/C=N/OC(C)C. The van der Waals surface area contributed by atoms with Gasteiger partial charge in [0, 0.05) is 18.7 Å². The lowest BCUT2D eigenvalue weighted by Gasteiger charge is -2.20. The maximum absolute atomic E-state index is 5.71. The van der Waals surface area contributed by atoms with Crippen molar-refractivity contribution < 1.29 is 14.0 Å². The summed E-state index contributed by atoms with van der Waals surface area (Å²) >= 11 is 0. The van der Waals surface area contributed by atoms with Gasteiger partial charge < -0.3 is 18.9 Å². The van der Waals surface area contributed by atoms with E-state index in [1.165, 1.54) is 6.21 Å². The predicted octanol–water partition coefficient (Wildman–Crippen LogP) is 2.16. The third kappa shape index (κ3) is 3.60. The molecule has 2 heterocycles. The molecule has 0 fully saturated rings. The molecule has 0 aliphatic carbocycles. The summed E-state index contributed by atoms with van der Waals surface area (Å²) in [5.41, 5.74) is 1.07. The van der Waals surface area contributed by atoms with E-state index in [0.29, 0.717) is 17.5 Å². The summed E-state index contributed by atoms with van der Waals surface area (Å²) in [6.45, 7) is 5.69. The standard InChI is InChI=1S/C14H21N3O3/c1-10(2)20-15-8-12-14(18-4)16-13(19-12)11-6-5-7-17(3)9-11/h6,8,10H,5,7,9H2,1-4H3/b15-8+. The van der Waals surface area contributed by atoms with Gasteiger partial charge in [-0.3, -0.25) is 0 Å². The fraction of sp³-hybridized carbons (Fsp3) is 0.571. The summed E-state index contributed by atoms with van der Waals surface area (Å²) in [6.07, 6.45) is 4.66. The van der Waals surface area contributed by atoms with E-state index in [1.54, 1.807) is 7.11 Å². The number of nitrogens with zero attached hydrogens (tertiary/aromatic N) is 3. The van der Waals surface area contributed by atoms with Crippen LogP contribution in [-0.4, -0.2) is 49.4 Å². The van der Waals surface area contributed by atoms with Gasteiger partial charge in [0.15, 0.2) is 0 Å². The molecule has 110 valence electrons. The molecule has 0 amide bonds. The molecule has 0 spiro atoms. The van der Waals surface area contributed by atoms with Crippen LogP contribution in [0.3, 0.4) is 0 Å². The zero-order valence-electron chi connectivity index (χ0n) is 12.4. The second kappa shape index (κ2) is 6.56. The minimum absolute atomic E-state index is 0.0225. The molecule has 0 unspecified atom stereocenters. The van der Waals surface area contributed by atoms with E-state index in [2.05, 4.69) is 28.2 Å². The highest BCUT2D eigenvalue weighted by molar-refractivity contribution is 5.79. The van der Waals surface area contributed by atoms with E-state index in [0.717, 1.165) is 25.1 Å². The third-order valence-electron chi connectivity index (χ3n) is 2.87. The minimum Gasteiger partial charge on any atom is -0.478 e. The van der Waals surface area contributed by atoms with Crippen molar-refractivity contribution in [1.29, 1.82) is 0 Å². The van der Waals surface area contributed by atoms with Gasteiger partial charge in [0.05, 0.1) is 7.11 Å². The first kappa shape index (κ1) is 14.6. The molecule has 0 saturated carbocycles. The molecular weight excluding hydrogens is 258 g/mol. The maximum atomic E-state index is 5.71. The highest BCUT2D eigenvalue weighted by Gasteiger charge is 2.19. The monoisotopic (exact) mass is 279 g/mol. The molecule has 6 heteroatoms. The van der Waals surface area contributed by atoms with Crippen molar-refractivity contribution in [2.45, 2.75) is 26.4 Å². The van der Waals surface area contributed by atoms with Crippen molar-refractivity contribution in [2.24, 2.45) is 5.16 Å². The van der Waals surface area contributed by atoms with E-state index in [1.807, 2.05) is 13.8 Å². The number of hydrogen-bond donors (Lipinski definition) is 0. The smallest absolute Gasteiger partial charge is 0.262 e. The Morgan fingerprint density at radius 3 is 2.95 bits per heavy atom. The van der Waals surface area contributed by atoms with Crippen LogP contribution in [0.4, 0.5) is 0 Å². The predicted molar refractivity (Wildman–Crippen MR) is 77.0 cm³/mol. The lowest BCUT2D eigenvalue weighted by Crippen LogP contribution is -2.25.